The zero-order valence-electron chi connectivity index (χ0n) is 16.8. The van der Waals surface area contributed by atoms with E-state index in [2.05, 4.69) is 39.4 Å². The van der Waals surface area contributed by atoms with Crippen molar-refractivity contribution in [2.75, 3.05) is 18.0 Å². The molecule has 0 spiro atoms. The zero-order chi connectivity index (χ0) is 20.2. The second-order valence-electron chi connectivity index (χ2n) is 7.73. The molecule has 1 aromatic heterocycles. The predicted molar refractivity (Wildman–Crippen MR) is 113 cm³/mol. The molecule has 6 heteroatoms. The zero-order valence-corrected chi connectivity index (χ0v) is 16.8. The molecule has 1 amide bonds. The van der Waals surface area contributed by atoms with Gasteiger partial charge in [0.05, 0.1) is 0 Å². The van der Waals surface area contributed by atoms with Crippen molar-refractivity contribution in [1.82, 2.24) is 15.5 Å². The first-order valence-corrected chi connectivity index (χ1v) is 10.1. The number of aromatic nitrogens is 2. The molecule has 2 heterocycles. The van der Waals surface area contributed by atoms with Crippen LogP contribution in [0.2, 0.25) is 0 Å². The minimum atomic E-state index is -0.376. The molecule has 29 heavy (non-hydrogen) atoms. The average Bonchev–Trinajstić information content (AvgIpc) is 3.25. The summed E-state index contributed by atoms with van der Waals surface area (Å²) in [6.07, 6.45) is 2.48. The Labute approximate surface area is 170 Å². The Morgan fingerprint density at radius 1 is 1.10 bits per heavy atom. The number of carbonyl (C=O) groups is 1. The van der Waals surface area contributed by atoms with Crippen molar-refractivity contribution in [2.45, 2.75) is 32.7 Å². The molecule has 2 aromatic carbocycles. The summed E-state index contributed by atoms with van der Waals surface area (Å²) in [7, 11) is 0. The average molecular weight is 390 g/mol. The van der Waals surface area contributed by atoms with E-state index in [4.69, 9.17) is 4.52 Å². The van der Waals surface area contributed by atoms with Crippen LogP contribution >= 0.6 is 0 Å². The largest absolute Gasteiger partial charge is 0.372 e. The highest BCUT2D eigenvalue weighted by Crippen LogP contribution is 2.26. The number of nitrogens with zero attached hydrogens (tertiary/aromatic N) is 3. The fraction of sp³-hybridized carbons (Fsp3) is 0.348. The van der Waals surface area contributed by atoms with Crippen LogP contribution in [0.1, 0.15) is 49.0 Å². The highest BCUT2D eigenvalue weighted by molar-refractivity contribution is 5.94. The number of rotatable bonds is 5. The minimum absolute atomic E-state index is 0.168. The lowest BCUT2D eigenvalue weighted by Crippen LogP contribution is -2.32. The molecule has 0 bridgehead atoms. The Hall–Kier alpha value is -3.15. The van der Waals surface area contributed by atoms with E-state index >= 15 is 0 Å². The van der Waals surface area contributed by atoms with E-state index in [1.807, 2.05) is 37.3 Å². The first kappa shape index (κ1) is 19.2. The fourth-order valence-corrected chi connectivity index (χ4v) is 3.55. The molecule has 150 valence electrons. The molecule has 1 fully saturated rings. The van der Waals surface area contributed by atoms with Crippen LogP contribution in [0.3, 0.4) is 0 Å². The number of nitrogens with one attached hydrogen (secondary N) is 1. The molecule has 0 aliphatic carbocycles. The van der Waals surface area contributed by atoms with Crippen LogP contribution in [0.25, 0.3) is 11.4 Å². The van der Waals surface area contributed by atoms with Gasteiger partial charge in [0.25, 0.3) is 5.91 Å². The third kappa shape index (κ3) is 4.47. The van der Waals surface area contributed by atoms with Crippen molar-refractivity contribution in [1.29, 1.82) is 0 Å². The van der Waals surface area contributed by atoms with Crippen molar-refractivity contribution in [2.24, 2.45) is 5.92 Å². The van der Waals surface area contributed by atoms with Gasteiger partial charge in [-0.25, -0.2) is 0 Å². The Morgan fingerprint density at radius 3 is 2.48 bits per heavy atom. The van der Waals surface area contributed by atoms with Crippen LogP contribution in [-0.4, -0.2) is 29.1 Å². The molecule has 3 aromatic rings. The number of benzene rings is 2. The van der Waals surface area contributed by atoms with Gasteiger partial charge in [-0.3, -0.25) is 4.79 Å². The molecule has 1 atom stereocenters. The van der Waals surface area contributed by atoms with Crippen molar-refractivity contribution >= 4 is 11.6 Å². The number of amides is 1. The Morgan fingerprint density at radius 2 is 1.79 bits per heavy atom. The van der Waals surface area contributed by atoms with Crippen LogP contribution in [0.5, 0.6) is 0 Å². The molecule has 1 aliphatic rings. The SMILES string of the molecule is CC1CCN(c2ccc(-c3noc(C(C)NC(=O)c4ccccc4)n3)cc2)CC1. The summed E-state index contributed by atoms with van der Waals surface area (Å²) in [4.78, 5) is 19.2. The number of hydrogen-bond acceptors (Lipinski definition) is 5. The normalized spacial score (nSPS) is 15.9. The highest BCUT2D eigenvalue weighted by atomic mass is 16.5. The third-order valence-electron chi connectivity index (χ3n) is 5.47. The van der Waals surface area contributed by atoms with E-state index < -0.39 is 0 Å². The summed E-state index contributed by atoms with van der Waals surface area (Å²) in [6.45, 7) is 6.35. The summed E-state index contributed by atoms with van der Waals surface area (Å²) >= 11 is 0. The smallest absolute Gasteiger partial charge is 0.251 e. The van der Waals surface area contributed by atoms with Crippen LogP contribution in [0.4, 0.5) is 5.69 Å². The summed E-state index contributed by atoms with van der Waals surface area (Å²) in [6, 6.07) is 17.0. The Bertz CT molecular complexity index is 945. The fourth-order valence-electron chi connectivity index (χ4n) is 3.55. The maximum absolute atomic E-state index is 12.3. The topological polar surface area (TPSA) is 71.3 Å². The van der Waals surface area contributed by atoms with Gasteiger partial charge in [-0.05, 0) is 62.1 Å². The third-order valence-corrected chi connectivity index (χ3v) is 5.47. The predicted octanol–water partition coefficient (Wildman–Crippen LogP) is 4.46. The van der Waals surface area contributed by atoms with Crippen LogP contribution < -0.4 is 10.2 Å². The second-order valence-corrected chi connectivity index (χ2v) is 7.73. The van der Waals surface area contributed by atoms with Gasteiger partial charge in [-0.1, -0.05) is 30.3 Å². The van der Waals surface area contributed by atoms with E-state index in [1.165, 1.54) is 18.5 Å². The van der Waals surface area contributed by atoms with Gasteiger partial charge < -0.3 is 14.7 Å². The van der Waals surface area contributed by atoms with Crippen molar-refractivity contribution in [3.8, 4) is 11.4 Å². The second kappa shape index (κ2) is 8.47. The maximum Gasteiger partial charge on any atom is 0.251 e. The van der Waals surface area contributed by atoms with Crippen LogP contribution in [0, 0.1) is 5.92 Å². The molecule has 0 radical (unpaired) electrons. The van der Waals surface area contributed by atoms with E-state index in [-0.39, 0.29) is 11.9 Å². The van der Waals surface area contributed by atoms with Crippen molar-refractivity contribution < 1.29 is 9.32 Å². The van der Waals surface area contributed by atoms with Gasteiger partial charge >= 0.3 is 0 Å². The summed E-state index contributed by atoms with van der Waals surface area (Å²) < 4.78 is 5.39. The number of piperidine rings is 1. The Balaban J connectivity index is 1.41. The molecular weight excluding hydrogens is 364 g/mol. The van der Waals surface area contributed by atoms with E-state index in [0.717, 1.165) is 24.6 Å². The van der Waals surface area contributed by atoms with E-state index in [9.17, 15) is 4.79 Å². The number of hydrogen-bond donors (Lipinski definition) is 1. The van der Waals surface area contributed by atoms with E-state index in [1.54, 1.807) is 12.1 Å². The number of anilines is 1. The van der Waals surface area contributed by atoms with Crippen molar-refractivity contribution in [3.05, 3.63) is 66.1 Å². The van der Waals surface area contributed by atoms with E-state index in [0.29, 0.717) is 17.3 Å². The molecule has 0 saturated carbocycles. The van der Waals surface area contributed by atoms with Gasteiger partial charge in [0, 0.05) is 29.9 Å². The summed E-state index contributed by atoms with van der Waals surface area (Å²) in [5, 5.41) is 6.98. The lowest BCUT2D eigenvalue weighted by molar-refractivity contribution is 0.0932. The molecule has 6 nitrogen and oxygen atoms in total. The molecule has 4 rings (SSSR count). The summed E-state index contributed by atoms with van der Waals surface area (Å²) in [5.74, 6) is 1.56. The lowest BCUT2D eigenvalue weighted by Gasteiger charge is -2.32. The summed E-state index contributed by atoms with van der Waals surface area (Å²) in [5.41, 5.74) is 2.73. The van der Waals surface area contributed by atoms with Crippen molar-refractivity contribution in [3.63, 3.8) is 0 Å². The van der Waals surface area contributed by atoms with Gasteiger partial charge in [-0.2, -0.15) is 4.98 Å². The van der Waals surface area contributed by atoms with Gasteiger partial charge in [0.1, 0.15) is 6.04 Å². The molecule has 1 saturated heterocycles. The molecule has 1 N–H and O–H groups in total. The quantitative estimate of drug-likeness (QED) is 0.696. The van der Waals surface area contributed by atoms with Gasteiger partial charge in [0.15, 0.2) is 0 Å². The first-order chi connectivity index (χ1) is 14.1. The molecular formula is C23H26N4O2. The van der Waals surface area contributed by atoms with Crippen LogP contribution in [-0.2, 0) is 0 Å². The Kier molecular flexibility index (Phi) is 5.60. The minimum Gasteiger partial charge on any atom is -0.372 e. The monoisotopic (exact) mass is 390 g/mol. The van der Waals surface area contributed by atoms with Gasteiger partial charge in [0.2, 0.25) is 11.7 Å². The first-order valence-electron chi connectivity index (χ1n) is 10.1. The maximum atomic E-state index is 12.3. The van der Waals surface area contributed by atoms with Gasteiger partial charge in [-0.15, -0.1) is 0 Å². The molecule has 1 unspecified atom stereocenters. The highest BCUT2D eigenvalue weighted by Gasteiger charge is 2.19. The van der Waals surface area contributed by atoms with Crippen LogP contribution in [0.15, 0.2) is 59.1 Å². The standard InChI is InChI=1S/C23H26N4O2/c1-16-12-14-27(15-13-16)20-10-8-18(9-11-20)21-25-23(29-26-21)17(2)24-22(28)19-6-4-3-5-7-19/h3-11,16-17H,12-15H2,1-2H3,(H,24,28). The molecule has 1 aliphatic heterocycles. The lowest BCUT2D eigenvalue weighted by atomic mass is 9.98. The number of carbonyl (C=O) groups excluding carboxylic acids is 1.